The van der Waals surface area contributed by atoms with Crippen LogP contribution < -0.4 is 14.9 Å². The van der Waals surface area contributed by atoms with E-state index in [1.54, 1.807) is 42.7 Å². The van der Waals surface area contributed by atoms with E-state index in [4.69, 9.17) is 4.74 Å². The summed E-state index contributed by atoms with van der Waals surface area (Å²) in [6.45, 7) is 7.97. The maximum atomic E-state index is 13.6. The molecule has 2 aromatic carbocycles. The van der Waals surface area contributed by atoms with Crippen molar-refractivity contribution in [2.24, 2.45) is 4.99 Å². The van der Waals surface area contributed by atoms with E-state index in [2.05, 4.69) is 34.8 Å². The molecule has 4 rings (SSSR count). The number of hydrogen-bond acceptors (Lipinski definition) is 6. The van der Waals surface area contributed by atoms with Crippen LogP contribution in [0.4, 0.5) is 0 Å². The van der Waals surface area contributed by atoms with Crippen molar-refractivity contribution in [1.82, 2.24) is 4.57 Å². The Kier molecular flexibility index (Phi) is 6.91. The number of hydrogen-bond donors (Lipinski definition) is 1. The van der Waals surface area contributed by atoms with Crippen molar-refractivity contribution >= 4 is 39.3 Å². The minimum Gasteiger partial charge on any atom is -0.507 e. The summed E-state index contributed by atoms with van der Waals surface area (Å²) in [4.78, 5) is 31.7. The molecule has 1 aromatic heterocycles. The first kappa shape index (κ1) is 24.2. The standard InChI is InChI=1S/C26H25BrN2O4S/c1-5-33-25(32)22-15(4)28-26-29(23(22)17-8-6-16(7-9-17)14(2)3)24(31)21(34-26)13-18-12-19(27)10-11-20(18)30/h6-14,23,30H,5H2,1-4H3/b21-13-/t23-/m1/s1. The van der Waals surface area contributed by atoms with Crippen LogP contribution in [0.5, 0.6) is 5.75 Å². The number of carbonyl (C=O) groups excluding carboxylic acids is 1. The third-order valence-corrected chi connectivity index (χ3v) is 7.19. The molecule has 0 aliphatic carbocycles. The zero-order valence-electron chi connectivity index (χ0n) is 19.3. The Hall–Kier alpha value is -2.97. The molecule has 8 heteroatoms. The summed E-state index contributed by atoms with van der Waals surface area (Å²) in [5.74, 6) is -0.0606. The van der Waals surface area contributed by atoms with Gasteiger partial charge in [-0.15, -0.1) is 0 Å². The lowest BCUT2D eigenvalue weighted by atomic mass is 9.93. The average Bonchev–Trinajstić information content (AvgIpc) is 3.10. The summed E-state index contributed by atoms with van der Waals surface area (Å²) in [5, 5.41) is 10.3. The van der Waals surface area contributed by atoms with Crippen LogP contribution in [0.2, 0.25) is 0 Å². The van der Waals surface area contributed by atoms with E-state index < -0.39 is 12.0 Å². The molecular formula is C26H25BrN2O4S. The number of halogens is 1. The molecule has 0 saturated carbocycles. The van der Waals surface area contributed by atoms with Gasteiger partial charge in [-0.1, -0.05) is 65.4 Å². The molecule has 1 N–H and O–H groups in total. The molecule has 176 valence electrons. The Labute approximate surface area is 209 Å². The number of thiazole rings is 1. The van der Waals surface area contributed by atoms with Crippen LogP contribution in [0.1, 0.15) is 56.3 Å². The maximum absolute atomic E-state index is 13.6. The van der Waals surface area contributed by atoms with Gasteiger partial charge in [-0.05, 0) is 55.2 Å². The number of fused-ring (bicyclic) bond motifs is 1. The van der Waals surface area contributed by atoms with Crippen molar-refractivity contribution in [3.05, 3.63) is 94.6 Å². The van der Waals surface area contributed by atoms with Crippen LogP contribution >= 0.6 is 27.3 Å². The highest BCUT2D eigenvalue weighted by Gasteiger charge is 2.33. The van der Waals surface area contributed by atoms with Gasteiger partial charge in [0.2, 0.25) is 0 Å². The SMILES string of the molecule is CCOC(=O)C1=C(C)N=c2s/c(=C\c3cc(Br)ccc3O)c(=O)n2[C@@H]1c1ccc(C(C)C)cc1. The van der Waals surface area contributed by atoms with Crippen molar-refractivity contribution < 1.29 is 14.6 Å². The lowest BCUT2D eigenvalue weighted by Gasteiger charge is -2.25. The Morgan fingerprint density at radius 1 is 1.26 bits per heavy atom. The largest absolute Gasteiger partial charge is 0.507 e. The average molecular weight is 541 g/mol. The highest BCUT2D eigenvalue weighted by Crippen LogP contribution is 2.31. The van der Waals surface area contributed by atoms with E-state index >= 15 is 0 Å². The molecule has 0 saturated heterocycles. The molecular weight excluding hydrogens is 516 g/mol. The van der Waals surface area contributed by atoms with Gasteiger partial charge >= 0.3 is 5.97 Å². The van der Waals surface area contributed by atoms with Crippen molar-refractivity contribution in [2.75, 3.05) is 6.61 Å². The van der Waals surface area contributed by atoms with Gasteiger partial charge in [0.15, 0.2) is 4.80 Å². The lowest BCUT2D eigenvalue weighted by Crippen LogP contribution is -2.39. The summed E-state index contributed by atoms with van der Waals surface area (Å²) in [5.41, 5.74) is 3.08. The number of aromatic nitrogens is 1. The number of ether oxygens (including phenoxy) is 1. The Morgan fingerprint density at radius 2 is 1.97 bits per heavy atom. The molecule has 0 unspecified atom stereocenters. The van der Waals surface area contributed by atoms with Gasteiger partial charge in [0.1, 0.15) is 5.75 Å². The monoisotopic (exact) mass is 540 g/mol. The van der Waals surface area contributed by atoms with E-state index in [1.165, 1.54) is 16.9 Å². The quantitative estimate of drug-likeness (QED) is 0.486. The number of carbonyl (C=O) groups is 1. The summed E-state index contributed by atoms with van der Waals surface area (Å²) in [6.07, 6.45) is 1.65. The van der Waals surface area contributed by atoms with Crippen molar-refractivity contribution in [2.45, 2.75) is 39.7 Å². The number of nitrogens with zero attached hydrogens (tertiary/aromatic N) is 2. The molecule has 0 spiro atoms. The van der Waals surface area contributed by atoms with E-state index in [0.29, 0.717) is 32.1 Å². The molecule has 0 amide bonds. The minimum atomic E-state index is -0.658. The molecule has 2 heterocycles. The van der Waals surface area contributed by atoms with Crippen LogP contribution in [0, 0.1) is 0 Å². The van der Waals surface area contributed by atoms with Gasteiger partial charge in [0.25, 0.3) is 5.56 Å². The second-order valence-corrected chi connectivity index (χ2v) is 10.3. The van der Waals surface area contributed by atoms with Crippen LogP contribution in [0.3, 0.4) is 0 Å². The van der Waals surface area contributed by atoms with E-state index in [-0.39, 0.29) is 17.9 Å². The van der Waals surface area contributed by atoms with Gasteiger partial charge in [-0.25, -0.2) is 9.79 Å². The first-order valence-corrected chi connectivity index (χ1v) is 12.6. The molecule has 1 atom stereocenters. The van der Waals surface area contributed by atoms with Crippen LogP contribution in [-0.2, 0) is 9.53 Å². The number of aromatic hydroxyl groups is 1. The summed E-state index contributed by atoms with van der Waals surface area (Å²) >= 11 is 4.62. The van der Waals surface area contributed by atoms with Gasteiger partial charge in [-0.3, -0.25) is 9.36 Å². The third kappa shape index (κ3) is 4.52. The minimum absolute atomic E-state index is 0.0678. The Bertz CT molecular complexity index is 1470. The van der Waals surface area contributed by atoms with Crippen molar-refractivity contribution in [1.29, 1.82) is 0 Å². The number of allylic oxidation sites excluding steroid dienone is 1. The predicted molar refractivity (Wildman–Crippen MR) is 137 cm³/mol. The molecule has 6 nitrogen and oxygen atoms in total. The third-order valence-electron chi connectivity index (χ3n) is 5.71. The topological polar surface area (TPSA) is 80.9 Å². The van der Waals surface area contributed by atoms with E-state index in [1.807, 2.05) is 24.3 Å². The van der Waals surface area contributed by atoms with Crippen LogP contribution in [0.15, 0.2) is 68.0 Å². The Balaban J connectivity index is 1.95. The normalized spacial score (nSPS) is 15.9. The molecule has 1 aliphatic heterocycles. The number of rotatable bonds is 5. The Morgan fingerprint density at radius 3 is 2.62 bits per heavy atom. The summed E-state index contributed by atoms with van der Waals surface area (Å²) in [6, 6.07) is 12.3. The van der Waals surface area contributed by atoms with Crippen molar-refractivity contribution in [3.8, 4) is 5.75 Å². The van der Waals surface area contributed by atoms with Crippen LogP contribution in [0.25, 0.3) is 6.08 Å². The first-order valence-electron chi connectivity index (χ1n) is 11.0. The summed E-state index contributed by atoms with van der Waals surface area (Å²) in [7, 11) is 0. The number of esters is 1. The zero-order chi connectivity index (χ0) is 24.6. The van der Waals surface area contributed by atoms with Gasteiger partial charge in [0.05, 0.1) is 28.5 Å². The molecule has 0 bridgehead atoms. The number of phenols is 1. The van der Waals surface area contributed by atoms with Crippen LogP contribution in [-0.4, -0.2) is 22.2 Å². The van der Waals surface area contributed by atoms with E-state index in [9.17, 15) is 14.7 Å². The van der Waals surface area contributed by atoms with Crippen molar-refractivity contribution in [3.63, 3.8) is 0 Å². The molecule has 34 heavy (non-hydrogen) atoms. The first-order chi connectivity index (χ1) is 16.2. The summed E-state index contributed by atoms with van der Waals surface area (Å²) < 4.78 is 8.08. The molecule has 0 fully saturated rings. The van der Waals surface area contributed by atoms with E-state index in [0.717, 1.165) is 10.0 Å². The fourth-order valence-corrected chi connectivity index (χ4v) is 5.37. The maximum Gasteiger partial charge on any atom is 0.338 e. The fraction of sp³-hybridized carbons (Fsp3) is 0.269. The molecule has 3 aromatic rings. The number of phenolic OH excluding ortho intramolecular Hbond substituents is 1. The number of benzene rings is 2. The van der Waals surface area contributed by atoms with Gasteiger partial charge in [0, 0.05) is 10.0 Å². The second kappa shape index (κ2) is 9.72. The second-order valence-electron chi connectivity index (χ2n) is 8.33. The molecule has 1 aliphatic rings. The predicted octanol–water partition coefficient (Wildman–Crippen LogP) is 4.39. The smallest absolute Gasteiger partial charge is 0.338 e. The van der Waals surface area contributed by atoms with Gasteiger partial charge in [-0.2, -0.15) is 0 Å². The lowest BCUT2D eigenvalue weighted by molar-refractivity contribution is -0.139. The molecule has 0 radical (unpaired) electrons. The fourth-order valence-electron chi connectivity index (χ4n) is 3.95. The van der Waals surface area contributed by atoms with Gasteiger partial charge < -0.3 is 9.84 Å². The highest BCUT2D eigenvalue weighted by atomic mass is 79.9. The highest BCUT2D eigenvalue weighted by molar-refractivity contribution is 9.10. The zero-order valence-corrected chi connectivity index (χ0v) is 21.7.